The molecule has 0 bridgehead atoms. The zero-order valence-electron chi connectivity index (χ0n) is 10.8. The van der Waals surface area contributed by atoms with Crippen LogP contribution in [0.3, 0.4) is 0 Å². The van der Waals surface area contributed by atoms with Crippen molar-refractivity contribution in [3.63, 3.8) is 0 Å². The Labute approximate surface area is 108 Å². The summed E-state index contributed by atoms with van der Waals surface area (Å²) >= 11 is 0. The molecule has 0 heterocycles. The molecule has 0 aliphatic rings. The van der Waals surface area contributed by atoms with E-state index in [9.17, 15) is 0 Å². The molecule has 0 aliphatic carbocycles. The second kappa shape index (κ2) is 8.37. The first kappa shape index (κ1) is 14.3. The van der Waals surface area contributed by atoms with Crippen LogP contribution in [-0.4, -0.2) is 19.8 Å². The van der Waals surface area contributed by atoms with Crippen LogP contribution in [0.15, 0.2) is 18.2 Å². The molecule has 0 saturated heterocycles. The second-order valence-corrected chi connectivity index (χ2v) is 4.01. The summed E-state index contributed by atoms with van der Waals surface area (Å²) in [5, 5.41) is 8.67. The molecular formula is C14H20N2O2. The van der Waals surface area contributed by atoms with E-state index in [4.69, 9.17) is 20.5 Å². The summed E-state index contributed by atoms with van der Waals surface area (Å²) in [4.78, 5) is 0. The number of benzene rings is 1. The van der Waals surface area contributed by atoms with E-state index in [0.29, 0.717) is 25.3 Å². The van der Waals surface area contributed by atoms with Gasteiger partial charge in [0.05, 0.1) is 19.1 Å². The monoisotopic (exact) mass is 248 g/mol. The van der Waals surface area contributed by atoms with E-state index in [2.05, 4.69) is 13.0 Å². The molecule has 0 aromatic heterocycles. The van der Waals surface area contributed by atoms with Gasteiger partial charge in [-0.25, -0.2) is 0 Å². The largest absolute Gasteiger partial charge is 0.491 e. The summed E-state index contributed by atoms with van der Waals surface area (Å²) in [5.41, 5.74) is 7.19. The third-order valence-corrected chi connectivity index (χ3v) is 2.52. The summed E-state index contributed by atoms with van der Waals surface area (Å²) in [6.45, 7) is 4.00. The summed E-state index contributed by atoms with van der Waals surface area (Å²) in [7, 11) is 0. The van der Waals surface area contributed by atoms with Crippen LogP contribution in [0.25, 0.3) is 0 Å². The van der Waals surface area contributed by atoms with Crippen molar-refractivity contribution in [1.29, 1.82) is 5.26 Å². The molecule has 1 aromatic rings. The SMILES string of the molecule is CCCCOCCOc1ccc(N)c(CC#N)c1. The first-order chi connectivity index (χ1) is 8.77. The molecule has 0 radical (unpaired) electrons. The minimum absolute atomic E-state index is 0.302. The number of hydrogen-bond donors (Lipinski definition) is 1. The van der Waals surface area contributed by atoms with Crippen molar-refractivity contribution in [3.8, 4) is 11.8 Å². The minimum atomic E-state index is 0.302. The molecule has 0 unspecified atom stereocenters. The lowest BCUT2D eigenvalue weighted by atomic mass is 10.1. The van der Waals surface area contributed by atoms with Crippen LogP contribution < -0.4 is 10.5 Å². The molecule has 18 heavy (non-hydrogen) atoms. The highest BCUT2D eigenvalue weighted by Crippen LogP contribution is 2.19. The van der Waals surface area contributed by atoms with E-state index >= 15 is 0 Å². The zero-order valence-corrected chi connectivity index (χ0v) is 10.8. The molecule has 0 fully saturated rings. The molecule has 1 aromatic carbocycles. The van der Waals surface area contributed by atoms with Crippen LogP contribution in [0.2, 0.25) is 0 Å². The first-order valence-corrected chi connectivity index (χ1v) is 6.23. The van der Waals surface area contributed by atoms with E-state index in [-0.39, 0.29) is 0 Å². The highest BCUT2D eigenvalue weighted by molar-refractivity contribution is 5.51. The molecule has 4 nitrogen and oxygen atoms in total. The second-order valence-electron chi connectivity index (χ2n) is 4.01. The molecular weight excluding hydrogens is 228 g/mol. The number of anilines is 1. The standard InChI is InChI=1S/C14H20N2O2/c1-2-3-8-17-9-10-18-13-4-5-14(16)12(11-13)6-7-15/h4-5,11H,2-3,6,8-10,16H2,1H3. The summed E-state index contributed by atoms with van der Waals surface area (Å²) in [6, 6.07) is 7.46. The number of nitriles is 1. The molecule has 98 valence electrons. The van der Waals surface area contributed by atoms with Gasteiger partial charge in [-0.3, -0.25) is 0 Å². The van der Waals surface area contributed by atoms with E-state index in [1.807, 2.05) is 12.1 Å². The highest BCUT2D eigenvalue weighted by atomic mass is 16.5. The predicted molar refractivity (Wildman–Crippen MR) is 71.4 cm³/mol. The van der Waals surface area contributed by atoms with Gasteiger partial charge in [-0.15, -0.1) is 0 Å². The van der Waals surface area contributed by atoms with Crippen LogP contribution >= 0.6 is 0 Å². The molecule has 0 atom stereocenters. The third kappa shape index (κ3) is 5.07. The summed E-state index contributed by atoms with van der Waals surface area (Å²) < 4.78 is 10.9. The Morgan fingerprint density at radius 1 is 1.28 bits per heavy atom. The number of ether oxygens (including phenoxy) is 2. The van der Waals surface area contributed by atoms with Crippen molar-refractivity contribution in [2.75, 3.05) is 25.6 Å². The first-order valence-electron chi connectivity index (χ1n) is 6.23. The number of nitrogens with zero attached hydrogens (tertiary/aromatic N) is 1. The van der Waals surface area contributed by atoms with Gasteiger partial charge in [0, 0.05) is 12.3 Å². The summed E-state index contributed by atoms with van der Waals surface area (Å²) in [6.07, 6.45) is 2.51. The lowest BCUT2D eigenvalue weighted by molar-refractivity contribution is 0.0980. The Kier molecular flexibility index (Phi) is 6.67. The molecule has 0 spiro atoms. The van der Waals surface area contributed by atoms with Gasteiger partial charge in [0.1, 0.15) is 12.4 Å². The Bertz CT molecular complexity index is 399. The van der Waals surface area contributed by atoms with E-state index < -0.39 is 0 Å². The molecule has 0 aliphatic heterocycles. The summed E-state index contributed by atoms with van der Waals surface area (Å²) in [5.74, 6) is 0.730. The maximum Gasteiger partial charge on any atom is 0.119 e. The highest BCUT2D eigenvalue weighted by Gasteiger charge is 2.01. The maximum absolute atomic E-state index is 8.67. The lowest BCUT2D eigenvalue weighted by Gasteiger charge is -2.09. The minimum Gasteiger partial charge on any atom is -0.491 e. The molecule has 2 N–H and O–H groups in total. The molecule has 1 rings (SSSR count). The average molecular weight is 248 g/mol. The van der Waals surface area contributed by atoms with E-state index in [0.717, 1.165) is 30.8 Å². The van der Waals surface area contributed by atoms with Crippen molar-refractivity contribution in [3.05, 3.63) is 23.8 Å². The average Bonchev–Trinajstić information content (AvgIpc) is 2.37. The Hall–Kier alpha value is -1.73. The third-order valence-electron chi connectivity index (χ3n) is 2.52. The number of nitrogen functional groups attached to an aromatic ring is 1. The fourth-order valence-corrected chi connectivity index (χ4v) is 1.48. The van der Waals surface area contributed by atoms with Crippen LogP contribution in [0, 0.1) is 11.3 Å². The van der Waals surface area contributed by atoms with Crippen molar-refractivity contribution >= 4 is 5.69 Å². The van der Waals surface area contributed by atoms with Gasteiger partial charge in [-0.05, 0) is 30.2 Å². The van der Waals surface area contributed by atoms with Crippen LogP contribution in [0.5, 0.6) is 5.75 Å². The normalized spacial score (nSPS) is 10.0. The van der Waals surface area contributed by atoms with Crippen LogP contribution in [0.1, 0.15) is 25.3 Å². The van der Waals surface area contributed by atoms with Gasteiger partial charge in [0.2, 0.25) is 0 Å². The number of nitrogens with two attached hydrogens (primary N) is 1. The topological polar surface area (TPSA) is 68.3 Å². The van der Waals surface area contributed by atoms with Crippen LogP contribution in [0.4, 0.5) is 5.69 Å². The molecule has 0 saturated carbocycles. The zero-order chi connectivity index (χ0) is 13.2. The van der Waals surface area contributed by atoms with Gasteiger partial charge in [-0.1, -0.05) is 13.3 Å². The molecule has 0 amide bonds. The van der Waals surface area contributed by atoms with E-state index in [1.165, 1.54) is 0 Å². The van der Waals surface area contributed by atoms with E-state index in [1.54, 1.807) is 6.07 Å². The predicted octanol–water partition coefficient (Wildman–Crippen LogP) is 2.53. The molecule has 4 heteroatoms. The lowest BCUT2D eigenvalue weighted by Crippen LogP contribution is -2.07. The Morgan fingerprint density at radius 3 is 2.83 bits per heavy atom. The van der Waals surface area contributed by atoms with Crippen molar-refractivity contribution in [2.45, 2.75) is 26.2 Å². The number of unbranched alkanes of at least 4 members (excludes halogenated alkanes) is 1. The van der Waals surface area contributed by atoms with Crippen molar-refractivity contribution < 1.29 is 9.47 Å². The van der Waals surface area contributed by atoms with Crippen molar-refractivity contribution in [1.82, 2.24) is 0 Å². The van der Waals surface area contributed by atoms with Gasteiger partial charge in [-0.2, -0.15) is 5.26 Å². The number of hydrogen-bond acceptors (Lipinski definition) is 4. The van der Waals surface area contributed by atoms with Crippen LogP contribution in [-0.2, 0) is 11.2 Å². The number of rotatable bonds is 8. The van der Waals surface area contributed by atoms with Gasteiger partial charge in [0.15, 0.2) is 0 Å². The quantitative estimate of drug-likeness (QED) is 0.567. The fraction of sp³-hybridized carbons (Fsp3) is 0.500. The smallest absolute Gasteiger partial charge is 0.119 e. The van der Waals surface area contributed by atoms with Gasteiger partial charge < -0.3 is 15.2 Å². The fourth-order valence-electron chi connectivity index (χ4n) is 1.48. The van der Waals surface area contributed by atoms with Gasteiger partial charge in [0.25, 0.3) is 0 Å². The maximum atomic E-state index is 8.67. The van der Waals surface area contributed by atoms with Crippen molar-refractivity contribution in [2.24, 2.45) is 0 Å². The Morgan fingerprint density at radius 2 is 2.11 bits per heavy atom. The van der Waals surface area contributed by atoms with Gasteiger partial charge >= 0.3 is 0 Å². The Balaban J connectivity index is 2.34.